The predicted molar refractivity (Wildman–Crippen MR) is 134 cm³/mol. The summed E-state index contributed by atoms with van der Waals surface area (Å²) < 4.78 is 26.8. The van der Waals surface area contributed by atoms with Crippen LogP contribution in [0.25, 0.3) is 6.08 Å². The Hall–Kier alpha value is -4.39. The van der Waals surface area contributed by atoms with Crippen LogP contribution < -0.4 is 14.8 Å². The van der Waals surface area contributed by atoms with E-state index in [4.69, 9.17) is 9.47 Å². The van der Waals surface area contributed by atoms with Crippen LogP contribution in [0.3, 0.4) is 0 Å². The number of rotatable bonds is 9. The molecule has 4 rings (SSSR count). The molecule has 0 radical (unpaired) electrons. The molecule has 1 aromatic heterocycles. The quantitative estimate of drug-likeness (QED) is 0.322. The minimum Gasteiger partial charge on any atom is -0.496 e. The zero-order valence-electron chi connectivity index (χ0n) is 19.6. The first-order chi connectivity index (χ1) is 17.0. The molecule has 1 heterocycles. The lowest BCUT2D eigenvalue weighted by Crippen LogP contribution is -2.07. The summed E-state index contributed by atoms with van der Waals surface area (Å²) in [5.74, 6) is 0.927. The highest BCUT2D eigenvalue weighted by atomic mass is 19.1. The second kappa shape index (κ2) is 11.2. The lowest BCUT2D eigenvalue weighted by Gasteiger charge is -2.12. The minimum atomic E-state index is -0.302. The van der Waals surface area contributed by atoms with Gasteiger partial charge in [-0.05, 0) is 48.4 Å². The van der Waals surface area contributed by atoms with Gasteiger partial charge in [0.25, 0.3) is 0 Å². The van der Waals surface area contributed by atoms with Gasteiger partial charge in [-0.2, -0.15) is 5.10 Å². The third-order valence-electron chi connectivity index (χ3n) is 5.40. The first kappa shape index (κ1) is 23.8. The normalized spacial score (nSPS) is 10.9. The average molecular weight is 472 g/mol. The number of nitrogens with one attached hydrogen (secondary N) is 1. The van der Waals surface area contributed by atoms with Crippen LogP contribution in [0.15, 0.2) is 85.2 Å². The van der Waals surface area contributed by atoms with Crippen molar-refractivity contribution in [2.45, 2.75) is 20.1 Å². The SMILES string of the molecule is COc1ccc(/C=C/C(=O)Nc2cnn(Cc3ccccc3F)c2)cc1COc1ccccc1C. The Morgan fingerprint density at radius 2 is 1.86 bits per heavy atom. The number of aromatic nitrogens is 2. The van der Waals surface area contributed by atoms with Gasteiger partial charge < -0.3 is 14.8 Å². The fourth-order valence-corrected chi connectivity index (χ4v) is 3.56. The van der Waals surface area contributed by atoms with E-state index >= 15 is 0 Å². The van der Waals surface area contributed by atoms with Crippen molar-refractivity contribution in [3.8, 4) is 11.5 Å². The van der Waals surface area contributed by atoms with Crippen molar-refractivity contribution in [3.05, 3.63) is 113 Å². The first-order valence-electron chi connectivity index (χ1n) is 11.1. The van der Waals surface area contributed by atoms with Crippen molar-refractivity contribution in [2.24, 2.45) is 0 Å². The molecule has 0 atom stereocenters. The number of nitrogens with zero attached hydrogens (tertiary/aromatic N) is 2. The number of hydrogen-bond donors (Lipinski definition) is 1. The molecule has 0 unspecified atom stereocenters. The van der Waals surface area contributed by atoms with Gasteiger partial charge in [0.05, 0.1) is 25.5 Å². The van der Waals surface area contributed by atoms with Crippen LogP contribution >= 0.6 is 0 Å². The van der Waals surface area contributed by atoms with Gasteiger partial charge in [0.15, 0.2) is 0 Å². The summed E-state index contributed by atoms with van der Waals surface area (Å²) in [6, 6.07) is 20.0. The largest absolute Gasteiger partial charge is 0.496 e. The van der Waals surface area contributed by atoms with Gasteiger partial charge in [0.1, 0.15) is 23.9 Å². The molecule has 0 bridgehead atoms. The Balaban J connectivity index is 1.38. The molecule has 0 aliphatic carbocycles. The molecular formula is C28H26FN3O3. The van der Waals surface area contributed by atoms with Crippen LogP contribution in [-0.2, 0) is 17.9 Å². The standard InChI is InChI=1S/C28H26FN3O3/c1-20-7-3-6-10-26(20)35-19-23-15-21(11-13-27(23)34-2)12-14-28(33)31-24-16-30-32(18-24)17-22-8-4-5-9-25(22)29/h3-16,18H,17,19H2,1-2H3,(H,31,33)/b14-12+. The van der Waals surface area contributed by atoms with E-state index < -0.39 is 0 Å². The number of methoxy groups -OCH3 is 1. The van der Waals surface area contributed by atoms with Gasteiger partial charge in [-0.15, -0.1) is 0 Å². The van der Waals surface area contributed by atoms with Gasteiger partial charge in [-0.3, -0.25) is 9.48 Å². The van der Waals surface area contributed by atoms with E-state index in [0.717, 1.165) is 22.4 Å². The third-order valence-corrected chi connectivity index (χ3v) is 5.40. The highest BCUT2D eigenvalue weighted by molar-refractivity contribution is 6.01. The van der Waals surface area contributed by atoms with Crippen LogP contribution in [0, 0.1) is 12.7 Å². The number of aryl methyl sites for hydroxylation is 1. The molecule has 0 aliphatic rings. The maximum Gasteiger partial charge on any atom is 0.248 e. The van der Waals surface area contributed by atoms with Gasteiger partial charge in [-0.25, -0.2) is 4.39 Å². The molecule has 0 aliphatic heterocycles. The summed E-state index contributed by atoms with van der Waals surface area (Å²) >= 11 is 0. The van der Waals surface area contributed by atoms with Gasteiger partial charge in [-0.1, -0.05) is 42.5 Å². The van der Waals surface area contributed by atoms with Crippen LogP contribution in [0.2, 0.25) is 0 Å². The number of benzene rings is 3. The number of halogens is 1. The number of hydrogen-bond acceptors (Lipinski definition) is 4. The average Bonchev–Trinajstić information content (AvgIpc) is 3.30. The van der Waals surface area contributed by atoms with Crippen LogP contribution in [0.4, 0.5) is 10.1 Å². The molecule has 35 heavy (non-hydrogen) atoms. The van der Waals surface area contributed by atoms with Crippen LogP contribution in [0.5, 0.6) is 11.5 Å². The summed E-state index contributed by atoms with van der Waals surface area (Å²) in [5.41, 5.74) is 3.80. The Bertz CT molecular complexity index is 1350. The first-order valence-corrected chi connectivity index (χ1v) is 11.1. The Labute approximate surface area is 203 Å². The second-order valence-corrected chi connectivity index (χ2v) is 7.97. The number of ether oxygens (including phenoxy) is 2. The van der Waals surface area contributed by atoms with Gasteiger partial charge >= 0.3 is 0 Å². The fraction of sp³-hybridized carbons (Fsp3) is 0.143. The highest BCUT2D eigenvalue weighted by Gasteiger charge is 2.08. The van der Waals surface area contributed by atoms with E-state index in [1.807, 2.05) is 49.4 Å². The van der Waals surface area contributed by atoms with Crippen molar-refractivity contribution < 1.29 is 18.7 Å². The highest BCUT2D eigenvalue weighted by Crippen LogP contribution is 2.24. The van der Waals surface area contributed by atoms with E-state index in [2.05, 4.69) is 10.4 Å². The number of carbonyl (C=O) groups excluding carboxylic acids is 1. The second-order valence-electron chi connectivity index (χ2n) is 7.97. The zero-order chi connectivity index (χ0) is 24.6. The van der Waals surface area contributed by atoms with Crippen LogP contribution in [0.1, 0.15) is 22.3 Å². The molecule has 4 aromatic rings. The monoisotopic (exact) mass is 471 g/mol. The van der Waals surface area contributed by atoms with Crippen molar-refractivity contribution in [3.63, 3.8) is 0 Å². The third kappa shape index (κ3) is 6.35. The molecule has 1 amide bonds. The van der Waals surface area contributed by atoms with Crippen LogP contribution in [-0.4, -0.2) is 22.8 Å². The lowest BCUT2D eigenvalue weighted by atomic mass is 10.1. The van der Waals surface area contributed by atoms with Crippen molar-refractivity contribution in [2.75, 3.05) is 12.4 Å². The smallest absolute Gasteiger partial charge is 0.248 e. The van der Waals surface area contributed by atoms with E-state index in [-0.39, 0.29) is 18.3 Å². The molecule has 3 aromatic carbocycles. The summed E-state index contributed by atoms with van der Waals surface area (Å²) in [6.07, 6.45) is 6.35. The topological polar surface area (TPSA) is 65.4 Å². The van der Waals surface area contributed by atoms with Crippen molar-refractivity contribution >= 4 is 17.7 Å². The van der Waals surface area contributed by atoms with Gasteiger partial charge in [0.2, 0.25) is 5.91 Å². The summed E-state index contributed by atoms with van der Waals surface area (Å²) in [4.78, 5) is 12.4. The Kier molecular flexibility index (Phi) is 7.57. The maximum absolute atomic E-state index is 13.8. The molecular weight excluding hydrogens is 445 g/mol. The van der Waals surface area contributed by atoms with Gasteiger partial charge in [0, 0.05) is 23.4 Å². The minimum absolute atomic E-state index is 0.275. The molecule has 178 valence electrons. The zero-order valence-corrected chi connectivity index (χ0v) is 19.6. The number of para-hydroxylation sites is 1. The van der Waals surface area contributed by atoms with Crippen molar-refractivity contribution in [1.82, 2.24) is 9.78 Å². The molecule has 1 N–H and O–H groups in total. The number of anilines is 1. The fourth-order valence-electron chi connectivity index (χ4n) is 3.56. The van der Waals surface area contributed by atoms with E-state index in [1.165, 1.54) is 18.3 Å². The molecule has 0 saturated heterocycles. The molecule has 0 fully saturated rings. The summed E-state index contributed by atoms with van der Waals surface area (Å²) in [5, 5.41) is 6.96. The van der Waals surface area contributed by atoms with E-state index in [1.54, 1.807) is 42.3 Å². The van der Waals surface area contributed by atoms with Crippen molar-refractivity contribution in [1.29, 1.82) is 0 Å². The van der Waals surface area contributed by atoms with E-state index in [0.29, 0.717) is 23.6 Å². The molecule has 7 heteroatoms. The number of carbonyl (C=O) groups is 1. The predicted octanol–water partition coefficient (Wildman–Crippen LogP) is 5.62. The Morgan fingerprint density at radius 3 is 2.66 bits per heavy atom. The molecule has 6 nitrogen and oxygen atoms in total. The Morgan fingerprint density at radius 1 is 1.06 bits per heavy atom. The van der Waals surface area contributed by atoms with E-state index in [9.17, 15) is 9.18 Å². The summed E-state index contributed by atoms with van der Waals surface area (Å²) in [6.45, 7) is 2.61. The lowest BCUT2D eigenvalue weighted by molar-refractivity contribution is -0.111. The molecule has 0 saturated carbocycles. The molecule has 0 spiro atoms. The number of amides is 1. The summed E-state index contributed by atoms with van der Waals surface area (Å²) in [7, 11) is 1.61. The maximum atomic E-state index is 13.8.